The van der Waals surface area contributed by atoms with Gasteiger partial charge < -0.3 is 13.9 Å². The van der Waals surface area contributed by atoms with Crippen molar-refractivity contribution in [3.63, 3.8) is 0 Å². The van der Waals surface area contributed by atoms with Gasteiger partial charge in [-0.1, -0.05) is 35.5 Å². The van der Waals surface area contributed by atoms with E-state index in [9.17, 15) is 0 Å². The van der Waals surface area contributed by atoms with Crippen LogP contribution in [0.5, 0.6) is 11.5 Å². The molecule has 0 aliphatic carbocycles. The number of hydrogen-bond donors (Lipinski definition) is 0. The zero-order chi connectivity index (χ0) is 17.8. The first-order chi connectivity index (χ1) is 12.8. The second-order valence-electron chi connectivity index (χ2n) is 5.42. The van der Waals surface area contributed by atoms with E-state index in [0.717, 1.165) is 39.2 Å². The highest BCUT2D eigenvalue weighted by atomic mass is 35.5. The lowest BCUT2D eigenvalue weighted by molar-refractivity contribution is 0.174. The Bertz CT molecular complexity index is 904. The first-order valence-electron chi connectivity index (χ1n) is 8.03. The fraction of sp³-hybridized carbons (Fsp3) is 0.222. The Balaban J connectivity index is 1.27. The molecule has 2 heterocycles. The summed E-state index contributed by atoms with van der Waals surface area (Å²) in [6.45, 7) is 0.246. The highest BCUT2D eigenvalue weighted by molar-refractivity contribution is 8.00. The van der Waals surface area contributed by atoms with Gasteiger partial charge in [-0.15, -0.1) is 22.0 Å². The van der Waals surface area contributed by atoms with Crippen molar-refractivity contribution >= 4 is 35.1 Å². The number of halogens is 1. The zero-order valence-electron chi connectivity index (χ0n) is 13.7. The molecule has 0 saturated carbocycles. The average molecular weight is 407 g/mol. The predicted molar refractivity (Wildman–Crippen MR) is 103 cm³/mol. The molecule has 0 fully saturated rings. The van der Waals surface area contributed by atoms with E-state index >= 15 is 0 Å². The van der Waals surface area contributed by atoms with Gasteiger partial charge in [0.1, 0.15) is 0 Å². The van der Waals surface area contributed by atoms with E-state index in [4.69, 9.17) is 25.5 Å². The molecule has 1 aliphatic heterocycles. The molecule has 3 aromatic rings. The summed E-state index contributed by atoms with van der Waals surface area (Å²) in [6.07, 6.45) is 1.02. The van der Waals surface area contributed by atoms with Crippen molar-refractivity contribution in [1.82, 2.24) is 10.2 Å². The SMILES string of the molecule is Clc1ccccc1SCCCSc1nnc(-c2ccc3c(c2)OCO3)o1. The largest absolute Gasteiger partial charge is 0.454 e. The molecule has 4 rings (SSSR count). The Labute approximate surface area is 164 Å². The first kappa shape index (κ1) is 17.6. The van der Waals surface area contributed by atoms with Crippen LogP contribution in [-0.2, 0) is 0 Å². The fourth-order valence-corrected chi connectivity index (χ4v) is 4.45. The topological polar surface area (TPSA) is 57.4 Å². The van der Waals surface area contributed by atoms with E-state index in [0.29, 0.717) is 16.9 Å². The van der Waals surface area contributed by atoms with Crippen molar-refractivity contribution in [1.29, 1.82) is 0 Å². The van der Waals surface area contributed by atoms with Crippen molar-refractivity contribution in [2.75, 3.05) is 18.3 Å². The summed E-state index contributed by atoms with van der Waals surface area (Å²) in [7, 11) is 0. The third-order valence-electron chi connectivity index (χ3n) is 3.63. The molecule has 0 bridgehead atoms. The monoisotopic (exact) mass is 406 g/mol. The van der Waals surface area contributed by atoms with Gasteiger partial charge in [-0.25, -0.2) is 0 Å². The third kappa shape index (κ3) is 4.11. The van der Waals surface area contributed by atoms with Gasteiger partial charge >= 0.3 is 0 Å². The normalized spacial score (nSPS) is 12.5. The van der Waals surface area contributed by atoms with Crippen LogP contribution in [0.3, 0.4) is 0 Å². The number of nitrogens with zero attached hydrogens (tertiary/aromatic N) is 2. The van der Waals surface area contributed by atoms with Crippen LogP contribution in [0.15, 0.2) is 57.0 Å². The Kier molecular flexibility index (Phi) is 5.57. The lowest BCUT2D eigenvalue weighted by Crippen LogP contribution is -1.92. The van der Waals surface area contributed by atoms with Crippen LogP contribution in [0.1, 0.15) is 6.42 Å². The summed E-state index contributed by atoms with van der Waals surface area (Å²) in [5, 5.41) is 9.59. The fourth-order valence-electron chi connectivity index (χ4n) is 2.38. The van der Waals surface area contributed by atoms with Gasteiger partial charge in [0.15, 0.2) is 11.5 Å². The molecule has 0 spiro atoms. The van der Waals surface area contributed by atoms with Gasteiger partial charge in [-0.2, -0.15) is 0 Å². The summed E-state index contributed by atoms with van der Waals surface area (Å²) < 4.78 is 16.4. The Morgan fingerprint density at radius 2 is 1.81 bits per heavy atom. The lowest BCUT2D eigenvalue weighted by atomic mass is 10.2. The van der Waals surface area contributed by atoms with Gasteiger partial charge in [0.25, 0.3) is 5.22 Å². The molecule has 1 aromatic heterocycles. The molecule has 0 atom stereocenters. The van der Waals surface area contributed by atoms with Crippen LogP contribution < -0.4 is 9.47 Å². The zero-order valence-corrected chi connectivity index (χ0v) is 16.1. The maximum Gasteiger partial charge on any atom is 0.276 e. The van der Waals surface area contributed by atoms with E-state index in [-0.39, 0.29) is 6.79 Å². The Morgan fingerprint density at radius 3 is 2.73 bits per heavy atom. The maximum atomic E-state index is 6.15. The minimum Gasteiger partial charge on any atom is -0.454 e. The molecule has 5 nitrogen and oxygen atoms in total. The highest BCUT2D eigenvalue weighted by Gasteiger charge is 2.16. The molecule has 134 valence electrons. The predicted octanol–water partition coefficient (Wildman–Crippen LogP) is 5.39. The number of benzene rings is 2. The lowest BCUT2D eigenvalue weighted by Gasteiger charge is -2.02. The van der Waals surface area contributed by atoms with Crippen molar-refractivity contribution in [3.8, 4) is 23.0 Å². The maximum absolute atomic E-state index is 6.15. The van der Waals surface area contributed by atoms with Crippen LogP contribution >= 0.6 is 35.1 Å². The van der Waals surface area contributed by atoms with Gasteiger partial charge in [-0.05, 0) is 42.5 Å². The van der Waals surface area contributed by atoms with Crippen molar-refractivity contribution in [2.45, 2.75) is 16.5 Å². The molecule has 26 heavy (non-hydrogen) atoms. The van der Waals surface area contributed by atoms with Crippen LogP contribution in [0.2, 0.25) is 5.02 Å². The summed E-state index contributed by atoms with van der Waals surface area (Å²) >= 11 is 9.47. The van der Waals surface area contributed by atoms with Gasteiger partial charge in [0.2, 0.25) is 12.7 Å². The molecule has 0 radical (unpaired) electrons. The van der Waals surface area contributed by atoms with Gasteiger partial charge in [0.05, 0.1) is 5.02 Å². The molecule has 0 unspecified atom stereocenters. The van der Waals surface area contributed by atoms with Crippen molar-refractivity contribution < 1.29 is 13.9 Å². The average Bonchev–Trinajstić information content (AvgIpc) is 3.31. The van der Waals surface area contributed by atoms with Crippen molar-refractivity contribution in [3.05, 3.63) is 47.5 Å². The number of rotatable bonds is 7. The number of hydrogen-bond acceptors (Lipinski definition) is 7. The molecule has 0 saturated heterocycles. The number of ether oxygens (including phenoxy) is 2. The minimum absolute atomic E-state index is 0.246. The minimum atomic E-state index is 0.246. The van der Waals surface area contributed by atoms with E-state index < -0.39 is 0 Å². The third-order valence-corrected chi connectivity index (χ3v) is 6.14. The highest BCUT2D eigenvalue weighted by Crippen LogP contribution is 2.36. The van der Waals surface area contributed by atoms with Gasteiger partial charge in [-0.3, -0.25) is 0 Å². The molecular weight excluding hydrogens is 392 g/mol. The summed E-state index contributed by atoms with van der Waals surface area (Å²) in [5.41, 5.74) is 0.822. The summed E-state index contributed by atoms with van der Waals surface area (Å²) in [5.74, 6) is 3.81. The van der Waals surface area contributed by atoms with Crippen LogP contribution in [0.25, 0.3) is 11.5 Å². The van der Waals surface area contributed by atoms with Gasteiger partial charge in [0, 0.05) is 16.2 Å². The quantitative estimate of drug-likeness (QED) is 0.385. The van der Waals surface area contributed by atoms with Crippen LogP contribution in [0, 0.1) is 0 Å². The van der Waals surface area contributed by atoms with E-state index in [1.54, 1.807) is 23.5 Å². The standard InChI is InChI=1S/C18H15ClN2O3S2/c19-13-4-1-2-5-16(13)25-8-3-9-26-18-21-20-17(24-18)12-6-7-14-15(10-12)23-11-22-14/h1-2,4-7,10H,3,8-9,11H2. The second kappa shape index (κ2) is 8.24. The molecule has 8 heteroatoms. The smallest absolute Gasteiger partial charge is 0.276 e. The Morgan fingerprint density at radius 1 is 0.962 bits per heavy atom. The molecule has 2 aromatic carbocycles. The number of thioether (sulfide) groups is 2. The van der Waals surface area contributed by atoms with Crippen LogP contribution in [0.4, 0.5) is 0 Å². The summed E-state index contributed by atoms with van der Waals surface area (Å²) in [4.78, 5) is 1.11. The number of fused-ring (bicyclic) bond motifs is 1. The Hall–Kier alpha value is -1.83. The molecular formula is C18H15ClN2O3S2. The van der Waals surface area contributed by atoms with Crippen LogP contribution in [-0.4, -0.2) is 28.5 Å². The first-order valence-corrected chi connectivity index (χ1v) is 10.4. The van der Waals surface area contributed by atoms with E-state index in [1.165, 1.54) is 0 Å². The molecule has 0 amide bonds. The number of aromatic nitrogens is 2. The van der Waals surface area contributed by atoms with E-state index in [2.05, 4.69) is 10.2 Å². The van der Waals surface area contributed by atoms with E-state index in [1.807, 2.05) is 42.5 Å². The molecule has 0 N–H and O–H groups in total. The second-order valence-corrected chi connectivity index (χ2v) is 8.01. The molecule has 1 aliphatic rings. The summed E-state index contributed by atoms with van der Waals surface area (Å²) in [6, 6.07) is 13.5. The van der Waals surface area contributed by atoms with Crippen molar-refractivity contribution in [2.24, 2.45) is 0 Å².